The van der Waals surface area contributed by atoms with E-state index in [1.54, 1.807) is 0 Å². The van der Waals surface area contributed by atoms with Gasteiger partial charge in [0.1, 0.15) is 0 Å². The van der Waals surface area contributed by atoms with E-state index in [2.05, 4.69) is 67.6 Å². The van der Waals surface area contributed by atoms with E-state index in [1.165, 1.54) is 22.3 Å². The van der Waals surface area contributed by atoms with Gasteiger partial charge in [0, 0.05) is 5.92 Å². The summed E-state index contributed by atoms with van der Waals surface area (Å²) >= 11 is 0. The molecule has 0 spiro atoms. The fourth-order valence-corrected chi connectivity index (χ4v) is 2.97. The van der Waals surface area contributed by atoms with E-state index in [1.807, 2.05) is 0 Å². The molecule has 0 saturated carbocycles. The third kappa shape index (κ3) is 1.88. The van der Waals surface area contributed by atoms with Gasteiger partial charge in [-0.05, 0) is 42.0 Å². The third-order valence-electron chi connectivity index (χ3n) is 3.83. The van der Waals surface area contributed by atoms with Crippen molar-refractivity contribution in [3.05, 3.63) is 82.9 Å². The van der Waals surface area contributed by atoms with Crippen LogP contribution in [0.5, 0.6) is 0 Å². The van der Waals surface area contributed by atoms with Crippen molar-refractivity contribution in [3.8, 4) is 0 Å². The summed E-state index contributed by atoms with van der Waals surface area (Å²) in [5.41, 5.74) is 5.94. The lowest BCUT2D eigenvalue weighted by Crippen LogP contribution is -2.00. The van der Waals surface area contributed by atoms with Crippen molar-refractivity contribution in [2.45, 2.75) is 25.7 Å². The molecule has 0 saturated heterocycles. The lowest BCUT2D eigenvalue weighted by Gasteiger charge is -2.16. The summed E-state index contributed by atoms with van der Waals surface area (Å²) in [6, 6.07) is 17.7. The van der Waals surface area contributed by atoms with Crippen LogP contribution < -0.4 is 0 Å². The molecule has 1 aliphatic rings. The molecule has 2 aromatic carbocycles. The van der Waals surface area contributed by atoms with E-state index in [0.29, 0.717) is 5.92 Å². The van der Waals surface area contributed by atoms with Crippen molar-refractivity contribution in [2.75, 3.05) is 0 Å². The Bertz CT molecular complexity index is 531. The van der Waals surface area contributed by atoms with Crippen LogP contribution in [0.1, 0.15) is 35.1 Å². The molecule has 0 atom stereocenters. The normalized spacial score (nSPS) is 15.2. The summed E-state index contributed by atoms with van der Waals surface area (Å²) in [6.45, 7) is 2.11. The number of allylic oxidation sites excluding steroid dienone is 2. The highest BCUT2D eigenvalue weighted by atomic mass is 14.2. The van der Waals surface area contributed by atoms with Crippen LogP contribution in [0.4, 0.5) is 0 Å². The molecule has 0 amide bonds. The van der Waals surface area contributed by atoms with Crippen LogP contribution in [0, 0.1) is 0 Å². The van der Waals surface area contributed by atoms with Crippen molar-refractivity contribution in [3.63, 3.8) is 0 Å². The number of hydrogen-bond donors (Lipinski definition) is 0. The minimum absolute atomic E-state index is 0.421. The summed E-state index contributed by atoms with van der Waals surface area (Å²) in [7, 11) is 0. The summed E-state index contributed by atoms with van der Waals surface area (Å²) < 4.78 is 0. The largest absolute Gasteiger partial charge is 0.0907 e. The van der Waals surface area contributed by atoms with E-state index >= 15 is 0 Å². The molecule has 0 heterocycles. The summed E-state index contributed by atoms with van der Waals surface area (Å²) in [6.07, 6.45) is 6.80. The van der Waals surface area contributed by atoms with Crippen molar-refractivity contribution >= 4 is 0 Å². The van der Waals surface area contributed by atoms with Gasteiger partial charge in [-0.1, -0.05) is 60.7 Å². The quantitative estimate of drug-likeness (QED) is 0.638. The van der Waals surface area contributed by atoms with Gasteiger partial charge in [0.05, 0.1) is 0 Å². The maximum absolute atomic E-state index is 2.32. The Morgan fingerprint density at radius 3 is 1.83 bits per heavy atom. The van der Waals surface area contributed by atoms with Gasteiger partial charge in [-0.25, -0.2) is 0 Å². The van der Waals surface area contributed by atoms with E-state index < -0.39 is 0 Å². The molecule has 0 nitrogen and oxygen atoms in total. The second-order valence-electron chi connectivity index (χ2n) is 4.90. The Morgan fingerprint density at radius 2 is 1.33 bits per heavy atom. The van der Waals surface area contributed by atoms with Crippen LogP contribution in [-0.4, -0.2) is 0 Å². The van der Waals surface area contributed by atoms with Crippen LogP contribution in [0.3, 0.4) is 0 Å². The van der Waals surface area contributed by atoms with Gasteiger partial charge in [-0.2, -0.15) is 0 Å². The Labute approximate surface area is 109 Å². The van der Waals surface area contributed by atoms with Crippen molar-refractivity contribution < 1.29 is 0 Å². The molecule has 0 aliphatic heterocycles. The second-order valence-corrected chi connectivity index (χ2v) is 4.90. The molecule has 18 heavy (non-hydrogen) atoms. The highest BCUT2D eigenvalue weighted by Gasteiger charge is 2.20. The first-order valence-corrected chi connectivity index (χ1v) is 6.68. The Hall–Kier alpha value is -1.82. The predicted octanol–water partition coefficient (Wildman–Crippen LogP) is 4.49. The number of hydrogen-bond acceptors (Lipinski definition) is 0. The molecule has 0 radical (unpaired) electrons. The maximum atomic E-state index is 2.32. The van der Waals surface area contributed by atoms with E-state index in [0.717, 1.165) is 12.8 Å². The molecule has 0 fully saturated rings. The Kier molecular flexibility index (Phi) is 3.02. The topological polar surface area (TPSA) is 0 Å². The standard InChI is InChI=1S/C18H18/c1-2-7-18-16-10-5-3-8-14(16)12-13-15-9-4-6-11-17(15)18/h2-11,18H,12-13H2,1H3/b7-2+. The minimum atomic E-state index is 0.421. The molecule has 1 aliphatic carbocycles. The number of fused-ring (bicyclic) bond motifs is 2. The summed E-state index contributed by atoms with van der Waals surface area (Å²) in [4.78, 5) is 0. The zero-order valence-electron chi connectivity index (χ0n) is 10.8. The van der Waals surface area contributed by atoms with Crippen molar-refractivity contribution in [1.29, 1.82) is 0 Å². The molecule has 3 rings (SSSR count). The van der Waals surface area contributed by atoms with Gasteiger partial charge in [-0.3, -0.25) is 0 Å². The van der Waals surface area contributed by atoms with Gasteiger partial charge >= 0.3 is 0 Å². The minimum Gasteiger partial charge on any atom is -0.0907 e. The highest BCUT2D eigenvalue weighted by Crippen LogP contribution is 2.34. The molecular formula is C18H18. The summed E-state index contributed by atoms with van der Waals surface area (Å²) in [5, 5.41) is 0. The maximum Gasteiger partial charge on any atom is 0.0274 e. The number of aryl methyl sites for hydroxylation is 2. The molecular weight excluding hydrogens is 216 g/mol. The fourth-order valence-electron chi connectivity index (χ4n) is 2.97. The second kappa shape index (κ2) is 4.81. The smallest absolute Gasteiger partial charge is 0.0274 e. The van der Waals surface area contributed by atoms with Gasteiger partial charge in [0.2, 0.25) is 0 Å². The van der Waals surface area contributed by atoms with Crippen LogP contribution in [0.25, 0.3) is 0 Å². The molecule has 0 unspecified atom stereocenters. The first-order chi connectivity index (χ1) is 8.90. The fraction of sp³-hybridized carbons (Fsp3) is 0.222. The lowest BCUT2D eigenvalue weighted by molar-refractivity contribution is 0.965. The van der Waals surface area contributed by atoms with Gasteiger partial charge in [0.15, 0.2) is 0 Å². The Morgan fingerprint density at radius 1 is 0.833 bits per heavy atom. The monoisotopic (exact) mass is 234 g/mol. The van der Waals surface area contributed by atoms with E-state index in [9.17, 15) is 0 Å². The zero-order chi connectivity index (χ0) is 12.4. The average Bonchev–Trinajstić information content (AvgIpc) is 2.58. The SMILES string of the molecule is C/C=C/C1c2ccccc2CCc2ccccc21. The number of rotatable bonds is 1. The molecule has 0 heteroatoms. The molecule has 90 valence electrons. The number of benzene rings is 2. The first kappa shape index (κ1) is 11.3. The van der Waals surface area contributed by atoms with Gasteiger partial charge in [-0.15, -0.1) is 0 Å². The molecule has 0 aromatic heterocycles. The molecule has 2 aromatic rings. The zero-order valence-corrected chi connectivity index (χ0v) is 10.8. The lowest BCUT2D eigenvalue weighted by atomic mass is 9.88. The highest BCUT2D eigenvalue weighted by molar-refractivity contribution is 5.47. The van der Waals surface area contributed by atoms with Gasteiger partial charge < -0.3 is 0 Å². The van der Waals surface area contributed by atoms with Crippen LogP contribution in [0.15, 0.2) is 60.7 Å². The van der Waals surface area contributed by atoms with Crippen LogP contribution in [-0.2, 0) is 12.8 Å². The Balaban J connectivity index is 2.21. The predicted molar refractivity (Wildman–Crippen MR) is 76.9 cm³/mol. The first-order valence-electron chi connectivity index (χ1n) is 6.68. The van der Waals surface area contributed by atoms with Gasteiger partial charge in [0.25, 0.3) is 0 Å². The van der Waals surface area contributed by atoms with Crippen LogP contribution >= 0.6 is 0 Å². The van der Waals surface area contributed by atoms with Crippen LogP contribution in [0.2, 0.25) is 0 Å². The summed E-state index contributed by atoms with van der Waals surface area (Å²) in [5.74, 6) is 0.421. The molecule has 0 N–H and O–H groups in total. The average molecular weight is 234 g/mol. The van der Waals surface area contributed by atoms with E-state index in [-0.39, 0.29) is 0 Å². The van der Waals surface area contributed by atoms with Crippen molar-refractivity contribution in [1.82, 2.24) is 0 Å². The van der Waals surface area contributed by atoms with Crippen molar-refractivity contribution in [2.24, 2.45) is 0 Å². The van der Waals surface area contributed by atoms with E-state index in [4.69, 9.17) is 0 Å². The third-order valence-corrected chi connectivity index (χ3v) is 3.83. The molecule has 0 bridgehead atoms.